The average Bonchev–Trinajstić information content (AvgIpc) is 3.24. The number of hydrogen-bond acceptors (Lipinski definition) is 5. The van der Waals surface area contributed by atoms with Gasteiger partial charge in [0, 0.05) is 10.9 Å². The van der Waals surface area contributed by atoms with Gasteiger partial charge in [-0.15, -0.1) is 11.3 Å². The van der Waals surface area contributed by atoms with Gasteiger partial charge in [-0.05, 0) is 57.0 Å². The Morgan fingerprint density at radius 2 is 2.09 bits per heavy atom. The van der Waals surface area contributed by atoms with E-state index in [1.165, 1.54) is 4.90 Å². The third kappa shape index (κ3) is 4.36. The van der Waals surface area contributed by atoms with Gasteiger partial charge in [0.1, 0.15) is 11.8 Å². The number of amides is 2. The second kappa shape index (κ2) is 9.30. The molecular weight excluding hydrogens is 446 g/mol. The SMILES string of the molecule is CCCc1nc(-c2ccc3c(c2)N(C(C)C(=O)Nc2ccccc2Cl)C(=O)C(C)O3)cs1. The fraction of sp³-hybridized carbons (Fsp3) is 0.292. The van der Waals surface area contributed by atoms with Crippen molar-refractivity contribution in [3.05, 3.63) is 57.9 Å². The lowest BCUT2D eigenvalue weighted by atomic mass is 10.1. The van der Waals surface area contributed by atoms with E-state index in [2.05, 4.69) is 12.2 Å². The Bertz CT molecular complexity index is 1160. The second-order valence-corrected chi connectivity index (χ2v) is 9.02. The number of thiazole rings is 1. The number of aromatic nitrogens is 1. The van der Waals surface area contributed by atoms with Crippen LogP contribution in [-0.2, 0) is 16.0 Å². The summed E-state index contributed by atoms with van der Waals surface area (Å²) in [4.78, 5) is 32.3. The largest absolute Gasteiger partial charge is 0.479 e. The maximum atomic E-state index is 13.1. The Balaban J connectivity index is 1.67. The number of carbonyl (C=O) groups excluding carboxylic acids is 2. The number of halogens is 1. The molecule has 1 aromatic heterocycles. The summed E-state index contributed by atoms with van der Waals surface area (Å²) in [5, 5.41) is 6.34. The van der Waals surface area contributed by atoms with Crippen molar-refractivity contribution >= 4 is 46.1 Å². The van der Waals surface area contributed by atoms with Crippen LogP contribution in [0.2, 0.25) is 5.02 Å². The molecule has 2 amide bonds. The van der Waals surface area contributed by atoms with Crippen molar-refractivity contribution in [2.75, 3.05) is 10.2 Å². The molecule has 2 atom stereocenters. The van der Waals surface area contributed by atoms with Crippen LogP contribution in [0.1, 0.15) is 32.2 Å². The summed E-state index contributed by atoms with van der Waals surface area (Å²) >= 11 is 7.81. The number of aryl methyl sites for hydroxylation is 1. The first kappa shape index (κ1) is 22.3. The fourth-order valence-corrected chi connectivity index (χ4v) is 4.70. The van der Waals surface area contributed by atoms with Gasteiger partial charge in [0.2, 0.25) is 5.91 Å². The number of rotatable bonds is 6. The highest BCUT2D eigenvalue weighted by atomic mass is 35.5. The number of hydrogen-bond donors (Lipinski definition) is 1. The van der Waals surface area contributed by atoms with Crippen molar-refractivity contribution < 1.29 is 14.3 Å². The van der Waals surface area contributed by atoms with E-state index in [1.54, 1.807) is 49.4 Å². The van der Waals surface area contributed by atoms with Crippen LogP contribution in [0.15, 0.2) is 47.8 Å². The van der Waals surface area contributed by atoms with Gasteiger partial charge in [-0.2, -0.15) is 0 Å². The second-order valence-electron chi connectivity index (χ2n) is 7.67. The third-order valence-electron chi connectivity index (χ3n) is 5.32. The molecule has 2 aromatic carbocycles. The molecule has 0 spiro atoms. The zero-order valence-corrected chi connectivity index (χ0v) is 19.7. The summed E-state index contributed by atoms with van der Waals surface area (Å²) in [6, 6.07) is 11.9. The van der Waals surface area contributed by atoms with Gasteiger partial charge in [-0.25, -0.2) is 4.98 Å². The molecule has 0 fully saturated rings. The van der Waals surface area contributed by atoms with Crippen molar-refractivity contribution in [1.82, 2.24) is 4.98 Å². The predicted octanol–water partition coefficient (Wildman–Crippen LogP) is 5.56. The molecule has 6 nitrogen and oxygen atoms in total. The smallest absolute Gasteiger partial charge is 0.268 e. The molecule has 0 saturated carbocycles. The lowest BCUT2D eigenvalue weighted by Crippen LogP contribution is -2.52. The van der Waals surface area contributed by atoms with Crippen molar-refractivity contribution in [3.8, 4) is 17.0 Å². The Kier molecular flexibility index (Phi) is 6.48. The Morgan fingerprint density at radius 1 is 1.31 bits per heavy atom. The lowest BCUT2D eigenvalue weighted by Gasteiger charge is -2.36. The van der Waals surface area contributed by atoms with E-state index in [0.717, 1.165) is 29.1 Å². The van der Waals surface area contributed by atoms with Gasteiger partial charge in [0.05, 0.1) is 27.1 Å². The number of nitrogens with zero attached hydrogens (tertiary/aromatic N) is 2. The lowest BCUT2D eigenvalue weighted by molar-refractivity contribution is -0.128. The summed E-state index contributed by atoms with van der Waals surface area (Å²) < 4.78 is 5.81. The summed E-state index contributed by atoms with van der Waals surface area (Å²) in [7, 11) is 0. The molecule has 8 heteroatoms. The molecule has 1 aliphatic rings. The van der Waals surface area contributed by atoms with Crippen LogP contribution in [-0.4, -0.2) is 28.9 Å². The molecule has 0 aliphatic carbocycles. The predicted molar refractivity (Wildman–Crippen MR) is 129 cm³/mol. The number of nitrogens with one attached hydrogen (secondary N) is 1. The van der Waals surface area contributed by atoms with Crippen LogP contribution in [0.3, 0.4) is 0 Å². The maximum Gasteiger partial charge on any atom is 0.268 e. The van der Waals surface area contributed by atoms with Crippen LogP contribution < -0.4 is 15.0 Å². The highest BCUT2D eigenvalue weighted by molar-refractivity contribution is 7.09. The third-order valence-corrected chi connectivity index (χ3v) is 6.56. The molecule has 166 valence electrons. The molecule has 32 heavy (non-hydrogen) atoms. The fourth-order valence-electron chi connectivity index (χ4n) is 3.61. The molecule has 4 rings (SSSR count). The molecule has 1 N–H and O–H groups in total. The summed E-state index contributed by atoms with van der Waals surface area (Å²) in [5.74, 6) is -0.0561. The average molecular weight is 470 g/mol. The minimum Gasteiger partial charge on any atom is -0.479 e. The minimum absolute atomic E-state index is 0.276. The van der Waals surface area contributed by atoms with Crippen LogP contribution >= 0.6 is 22.9 Å². The van der Waals surface area contributed by atoms with E-state index in [-0.39, 0.29) is 11.8 Å². The van der Waals surface area contributed by atoms with E-state index in [4.69, 9.17) is 21.3 Å². The molecule has 2 heterocycles. The zero-order chi connectivity index (χ0) is 22.8. The van der Waals surface area contributed by atoms with Crippen molar-refractivity contribution in [3.63, 3.8) is 0 Å². The summed E-state index contributed by atoms with van der Waals surface area (Å²) in [6.45, 7) is 5.50. The van der Waals surface area contributed by atoms with Gasteiger partial charge in [-0.3, -0.25) is 14.5 Å². The minimum atomic E-state index is -0.773. The molecule has 3 aromatic rings. The van der Waals surface area contributed by atoms with Gasteiger partial charge in [-0.1, -0.05) is 30.7 Å². The topological polar surface area (TPSA) is 71.5 Å². The van der Waals surface area contributed by atoms with Crippen LogP contribution in [0, 0.1) is 0 Å². The normalized spacial score (nSPS) is 16.3. The summed E-state index contributed by atoms with van der Waals surface area (Å²) in [6.07, 6.45) is 1.27. The van der Waals surface area contributed by atoms with E-state index in [1.807, 2.05) is 23.6 Å². The molecule has 1 aliphatic heterocycles. The first-order valence-electron chi connectivity index (χ1n) is 10.5. The monoisotopic (exact) mass is 469 g/mol. The van der Waals surface area contributed by atoms with Gasteiger partial charge < -0.3 is 10.1 Å². The molecule has 0 bridgehead atoms. The Morgan fingerprint density at radius 3 is 2.84 bits per heavy atom. The van der Waals surface area contributed by atoms with Crippen molar-refractivity contribution in [1.29, 1.82) is 0 Å². The molecule has 0 radical (unpaired) electrons. The van der Waals surface area contributed by atoms with Crippen LogP contribution in [0.4, 0.5) is 11.4 Å². The maximum absolute atomic E-state index is 13.1. The number of anilines is 2. The first-order valence-corrected chi connectivity index (χ1v) is 11.8. The number of ether oxygens (including phenoxy) is 1. The first-order chi connectivity index (χ1) is 15.4. The quantitative estimate of drug-likeness (QED) is 0.513. The van der Waals surface area contributed by atoms with Gasteiger partial charge >= 0.3 is 0 Å². The van der Waals surface area contributed by atoms with Gasteiger partial charge in [0.25, 0.3) is 5.91 Å². The number of fused-ring (bicyclic) bond motifs is 1. The van der Waals surface area contributed by atoms with E-state index < -0.39 is 12.1 Å². The highest BCUT2D eigenvalue weighted by Crippen LogP contribution is 2.39. The number of carbonyl (C=O) groups is 2. The standard InChI is InChI=1S/C24H24ClN3O3S/c1-4-7-22-26-19(13-32-22)16-10-11-21-20(12-16)28(24(30)15(3)31-21)14(2)23(29)27-18-9-6-5-8-17(18)25/h5-6,8-15H,4,7H2,1-3H3,(H,27,29). The molecular formula is C24H24ClN3O3S. The van der Waals surface area contributed by atoms with E-state index in [0.29, 0.717) is 22.1 Å². The van der Waals surface area contributed by atoms with E-state index >= 15 is 0 Å². The van der Waals surface area contributed by atoms with Crippen molar-refractivity contribution in [2.24, 2.45) is 0 Å². The number of benzene rings is 2. The Labute approximate surface area is 196 Å². The molecule has 2 unspecified atom stereocenters. The highest BCUT2D eigenvalue weighted by Gasteiger charge is 2.37. The Hall–Kier alpha value is -2.90. The number of para-hydroxylation sites is 1. The van der Waals surface area contributed by atoms with Crippen LogP contribution in [0.5, 0.6) is 5.75 Å². The van der Waals surface area contributed by atoms with Crippen molar-refractivity contribution in [2.45, 2.75) is 45.8 Å². The summed E-state index contributed by atoms with van der Waals surface area (Å²) in [5.41, 5.74) is 2.77. The zero-order valence-electron chi connectivity index (χ0n) is 18.1. The van der Waals surface area contributed by atoms with Crippen LogP contribution in [0.25, 0.3) is 11.3 Å². The van der Waals surface area contributed by atoms with E-state index in [9.17, 15) is 9.59 Å². The van der Waals surface area contributed by atoms with Gasteiger partial charge in [0.15, 0.2) is 6.10 Å². The molecule has 0 saturated heterocycles.